The highest BCUT2D eigenvalue weighted by atomic mass is 16.2. The molecule has 0 heterocycles. The summed E-state index contributed by atoms with van der Waals surface area (Å²) >= 11 is 0. The molecule has 16 heavy (non-hydrogen) atoms. The van der Waals surface area contributed by atoms with E-state index in [9.17, 15) is 4.79 Å². The molecule has 4 heteroatoms. The van der Waals surface area contributed by atoms with Gasteiger partial charge in [-0.3, -0.25) is 15.1 Å². The fraction of sp³-hybridized carbons (Fsp3) is 0.917. The summed E-state index contributed by atoms with van der Waals surface area (Å²) in [6.07, 6.45) is 4.36. The smallest absolute Gasteiger partial charge is 0.251 e. The van der Waals surface area contributed by atoms with Gasteiger partial charge in [0.15, 0.2) is 0 Å². The lowest BCUT2D eigenvalue weighted by atomic mass is 10.1. The molecule has 0 aromatic rings. The van der Waals surface area contributed by atoms with Gasteiger partial charge < -0.3 is 0 Å². The fourth-order valence-electron chi connectivity index (χ4n) is 2.18. The first-order valence-corrected chi connectivity index (χ1v) is 6.36. The first-order valence-electron chi connectivity index (χ1n) is 6.36. The summed E-state index contributed by atoms with van der Waals surface area (Å²) in [5, 5.41) is 0. The Morgan fingerprint density at radius 1 is 1.50 bits per heavy atom. The number of carbonyl (C=O) groups excluding carboxylic acids is 1. The third-order valence-corrected chi connectivity index (χ3v) is 3.00. The van der Waals surface area contributed by atoms with Gasteiger partial charge in [0.05, 0.1) is 6.04 Å². The normalized spacial score (nSPS) is 17.9. The summed E-state index contributed by atoms with van der Waals surface area (Å²) in [6, 6.07) is 0.571. The van der Waals surface area contributed by atoms with E-state index in [1.807, 2.05) is 0 Å². The lowest BCUT2D eigenvalue weighted by molar-refractivity contribution is -0.127. The highest BCUT2D eigenvalue weighted by Crippen LogP contribution is 2.30. The molecule has 94 valence electrons. The minimum absolute atomic E-state index is 0.0330. The predicted molar refractivity (Wildman–Crippen MR) is 65.6 cm³/mol. The van der Waals surface area contributed by atoms with Gasteiger partial charge in [-0.1, -0.05) is 27.2 Å². The monoisotopic (exact) mass is 227 g/mol. The fourth-order valence-corrected chi connectivity index (χ4v) is 2.18. The molecule has 1 amide bonds. The Morgan fingerprint density at radius 3 is 2.50 bits per heavy atom. The van der Waals surface area contributed by atoms with Gasteiger partial charge in [-0.25, -0.2) is 5.84 Å². The largest absolute Gasteiger partial charge is 0.293 e. The van der Waals surface area contributed by atoms with Crippen molar-refractivity contribution in [1.29, 1.82) is 0 Å². The van der Waals surface area contributed by atoms with Gasteiger partial charge in [0.25, 0.3) is 5.91 Å². The van der Waals surface area contributed by atoms with Gasteiger partial charge in [-0.2, -0.15) is 0 Å². The van der Waals surface area contributed by atoms with E-state index in [1.54, 1.807) is 0 Å². The van der Waals surface area contributed by atoms with Crippen LogP contribution in [0.5, 0.6) is 0 Å². The Balaban J connectivity index is 2.65. The third kappa shape index (κ3) is 3.76. The molecule has 1 atom stereocenters. The van der Waals surface area contributed by atoms with Gasteiger partial charge in [-0.05, 0) is 25.2 Å². The number of hydrogen-bond acceptors (Lipinski definition) is 3. The van der Waals surface area contributed by atoms with Crippen molar-refractivity contribution in [2.24, 2.45) is 11.8 Å². The highest BCUT2D eigenvalue weighted by Gasteiger charge is 2.36. The minimum Gasteiger partial charge on any atom is -0.293 e. The second kappa shape index (κ2) is 6.21. The minimum atomic E-state index is -0.0371. The molecule has 0 bridgehead atoms. The van der Waals surface area contributed by atoms with E-state index in [0.717, 1.165) is 19.4 Å². The van der Waals surface area contributed by atoms with Crippen molar-refractivity contribution in [2.45, 2.75) is 58.5 Å². The van der Waals surface area contributed by atoms with E-state index in [-0.39, 0.29) is 11.9 Å². The van der Waals surface area contributed by atoms with Crippen LogP contribution < -0.4 is 11.3 Å². The van der Waals surface area contributed by atoms with Gasteiger partial charge in [0.1, 0.15) is 0 Å². The van der Waals surface area contributed by atoms with Crippen LogP contribution in [-0.2, 0) is 4.79 Å². The Kier molecular flexibility index (Phi) is 5.22. The molecule has 0 saturated heterocycles. The second-order valence-electron chi connectivity index (χ2n) is 5.13. The zero-order valence-corrected chi connectivity index (χ0v) is 10.7. The first-order chi connectivity index (χ1) is 7.60. The molecule has 1 saturated carbocycles. The molecule has 1 unspecified atom stereocenters. The van der Waals surface area contributed by atoms with Crippen LogP contribution in [0.3, 0.4) is 0 Å². The van der Waals surface area contributed by atoms with Crippen molar-refractivity contribution in [3.63, 3.8) is 0 Å². The molecule has 1 aliphatic rings. The van der Waals surface area contributed by atoms with Crippen LogP contribution in [0.1, 0.15) is 46.5 Å². The molecule has 1 rings (SSSR count). The van der Waals surface area contributed by atoms with Crippen molar-refractivity contribution in [2.75, 3.05) is 6.54 Å². The molecule has 0 spiro atoms. The van der Waals surface area contributed by atoms with Crippen molar-refractivity contribution in [3.05, 3.63) is 0 Å². The Morgan fingerprint density at radius 2 is 2.12 bits per heavy atom. The number of carbonyl (C=O) groups is 1. The molecule has 0 aromatic heterocycles. The summed E-state index contributed by atoms with van der Waals surface area (Å²) in [6.45, 7) is 7.48. The Hall–Kier alpha value is -0.610. The first kappa shape index (κ1) is 13.5. The van der Waals surface area contributed by atoms with Gasteiger partial charge in [0, 0.05) is 12.6 Å². The summed E-state index contributed by atoms with van der Waals surface area (Å²) < 4.78 is 0. The average Bonchev–Trinajstić information content (AvgIpc) is 3.05. The van der Waals surface area contributed by atoms with Crippen LogP contribution in [-0.4, -0.2) is 29.4 Å². The molecule has 0 radical (unpaired) electrons. The molecule has 3 N–H and O–H groups in total. The molecular formula is C12H25N3O. The Labute approximate surface area is 98.5 Å². The van der Waals surface area contributed by atoms with E-state index in [2.05, 4.69) is 31.1 Å². The highest BCUT2D eigenvalue weighted by molar-refractivity contribution is 5.81. The molecule has 1 aliphatic carbocycles. The van der Waals surface area contributed by atoms with Gasteiger partial charge >= 0.3 is 0 Å². The van der Waals surface area contributed by atoms with Crippen molar-refractivity contribution in [1.82, 2.24) is 10.3 Å². The zero-order chi connectivity index (χ0) is 12.1. The van der Waals surface area contributed by atoms with E-state index in [0.29, 0.717) is 12.0 Å². The number of nitrogens with zero attached hydrogens (tertiary/aromatic N) is 1. The maximum absolute atomic E-state index is 11.8. The van der Waals surface area contributed by atoms with E-state index in [1.165, 1.54) is 12.8 Å². The lowest BCUT2D eigenvalue weighted by Crippen LogP contribution is -2.51. The molecule has 0 aromatic carbocycles. The quantitative estimate of drug-likeness (QED) is 0.391. The summed E-state index contributed by atoms with van der Waals surface area (Å²) in [7, 11) is 0. The third-order valence-electron chi connectivity index (χ3n) is 3.00. The van der Waals surface area contributed by atoms with Gasteiger partial charge in [-0.15, -0.1) is 0 Å². The Bertz CT molecular complexity index is 226. The predicted octanol–water partition coefficient (Wildman–Crippen LogP) is 1.27. The van der Waals surface area contributed by atoms with Crippen LogP contribution >= 0.6 is 0 Å². The molecular weight excluding hydrogens is 202 g/mol. The van der Waals surface area contributed by atoms with Crippen molar-refractivity contribution < 1.29 is 4.79 Å². The number of nitrogens with one attached hydrogen (secondary N) is 1. The molecule has 1 fully saturated rings. The number of rotatable bonds is 7. The maximum Gasteiger partial charge on any atom is 0.251 e. The van der Waals surface area contributed by atoms with Crippen LogP contribution in [0, 0.1) is 5.92 Å². The molecule has 0 aliphatic heterocycles. The zero-order valence-electron chi connectivity index (χ0n) is 10.7. The number of amides is 1. The van der Waals surface area contributed by atoms with Crippen LogP contribution in [0.4, 0.5) is 0 Å². The van der Waals surface area contributed by atoms with E-state index in [4.69, 9.17) is 5.84 Å². The standard InChI is InChI=1S/C12H25N3O/c1-4-5-11(12(16)14-13)15(8-9(2)3)10-6-7-10/h9-11H,4-8,13H2,1-3H3,(H,14,16). The summed E-state index contributed by atoms with van der Waals surface area (Å²) in [5.74, 6) is 5.82. The number of nitrogens with two attached hydrogens (primary N) is 1. The van der Waals surface area contributed by atoms with E-state index >= 15 is 0 Å². The van der Waals surface area contributed by atoms with Crippen LogP contribution in [0.25, 0.3) is 0 Å². The summed E-state index contributed by atoms with van der Waals surface area (Å²) in [4.78, 5) is 14.1. The van der Waals surface area contributed by atoms with Crippen LogP contribution in [0.15, 0.2) is 0 Å². The SMILES string of the molecule is CCCC(C(=O)NN)N(CC(C)C)C1CC1. The van der Waals surface area contributed by atoms with E-state index < -0.39 is 0 Å². The second-order valence-corrected chi connectivity index (χ2v) is 5.13. The number of hydrogen-bond donors (Lipinski definition) is 2. The van der Waals surface area contributed by atoms with Crippen molar-refractivity contribution >= 4 is 5.91 Å². The number of hydrazine groups is 1. The molecule has 4 nitrogen and oxygen atoms in total. The topological polar surface area (TPSA) is 58.4 Å². The maximum atomic E-state index is 11.8. The summed E-state index contributed by atoms with van der Waals surface area (Å²) in [5.41, 5.74) is 2.31. The van der Waals surface area contributed by atoms with Crippen molar-refractivity contribution in [3.8, 4) is 0 Å². The lowest BCUT2D eigenvalue weighted by Gasteiger charge is -2.31. The average molecular weight is 227 g/mol. The van der Waals surface area contributed by atoms with Crippen LogP contribution in [0.2, 0.25) is 0 Å². The van der Waals surface area contributed by atoms with Gasteiger partial charge in [0.2, 0.25) is 0 Å².